The minimum absolute atomic E-state index is 0.269. The van der Waals surface area contributed by atoms with Gasteiger partial charge in [-0.25, -0.2) is 0 Å². The van der Waals surface area contributed by atoms with Gasteiger partial charge in [-0.2, -0.15) is 13.2 Å². The molecule has 2 heterocycles. The normalized spacial score (nSPS) is 19.6. The molecule has 0 saturated carbocycles. The molecule has 1 atom stereocenters. The van der Waals surface area contributed by atoms with Crippen molar-refractivity contribution in [1.29, 1.82) is 0 Å². The highest BCUT2D eigenvalue weighted by atomic mass is 19.4. The van der Waals surface area contributed by atoms with E-state index in [-0.39, 0.29) is 11.9 Å². The van der Waals surface area contributed by atoms with Crippen molar-refractivity contribution >= 4 is 11.8 Å². The van der Waals surface area contributed by atoms with Crippen molar-refractivity contribution in [3.8, 4) is 0 Å². The highest BCUT2D eigenvalue weighted by Gasteiger charge is 2.34. The molecule has 0 bridgehead atoms. The van der Waals surface area contributed by atoms with Gasteiger partial charge in [0.25, 0.3) is 0 Å². The molecule has 0 spiro atoms. The molecule has 1 aromatic rings. The summed E-state index contributed by atoms with van der Waals surface area (Å²) in [5, 5.41) is 6.70. The van der Waals surface area contributed by atoms with E-state index < -0.39 is 11.9 Å². The lowest BCUT2D eigenvalue weighted by Gasteiger charge is -2.16. The molecule has 1 aliphatic heterocycles. The Hall–Kier alpha value is -1.86. The number of ether oxygens (including phenoxy) is 1. The van der Waals surface area contributed by atoms with E-state index in [4.69, 9.17) is 0 Å². The predicted octanol–water partition coefficient (Wildman–Crippen LogP) is 1.49. The van der Waals surface area contributed by atoms with Crippen LogP contribution in [0.25, 0.3) is 0 Å². The summed E-state index contributed by atoms with van der Waals surface area (Å²) in [5.41, 5.74) is -1.03. The maximum Gasteiger partial charge on any atom is 0.435 e. The maximum atomic E-state index is 12.3. The van der Waals surface area contributed by atoms with Crippen LogP contribution in [-0.2, 0) is 15.7 Å². The van der Waals surface area contributed by atoms with Crippen molar-refractivity contribution in [1.82, 2.24) is 10.2 Å². The first kappa shape index (κ1) is 13.6. The quantitative estimate of drug-likeness (QED) is 0.765. The highest BCUT2D eigenvalue weighted by Crippen LogP contribution is 2.28. The van der Waals surface area contributed by atoms with E-state index in [1.165, 1.54) is 13.2 Å². The third-order valence-corrected chi connectivity index (χ3v) is 2.99. The zero-order chi connectivity index (χ0) is 14.0. The molecular weight excluding hydrogens is 263 g/mol. The zero-order valence-corrected chi connectivity index (χ0v) is 10.1. The molecule has 1 aliphatic rings. The van der Waals surface area contributed by atoms with Gasteiger partial charge in [0, 0.05) is 13.1 Å². The average Bonchev–Trinajstić information content (AvgIpc) is 2.86. The SMILES string of the molecule is COC(=O)C1CCN(c2ccc(C(F)(F)F)nn2)C1. The van der Waals surface area contributed by atoms with Crippen molar-refractivity contribution in [2.75, 3.05) is 25.1 Å². The Kier molecular flexibility index (Phi) is 3.59. The first-order valence-electron chi connectivity index (χ1n) is 5.65. The van der Waals surface area contributed by atoms with E-state index in [2.05, 4.69) is 14.9 Å². The smallest absolute Gasteiger partial charge is 0.435 e. The molecular formula is C11H12F3N3O2. The lowest BCUT2D eigenvalue weighted by atomic mass is 10.1. The van der Waals surface area contributed by atoms with Gasteiger partial charge in [-0.05, 0) is 18.6 Å². The maximum absolute atomic E-state index is 12.3. The molecule has 1 saturated heterocycles. The van der Waals surface area contributed by atoms with Gasteiger partial charge in [-0.15, -0.1) is 10.2 Å². The molecule has 0 aliphatic carbocycles. The summed E-state index contributed by atoms with van der Waals surface area (Å²) < 4.78 is 41.6. The van der Waals surface area contributed by atoms with Crippen LogP contribution >= 0.6 is 0 Å². The van der Waals surface area contributed by atoms with Gasteiger partial charge in [0.2, 0.25) is 0 Å². The van der Waals surface area contributed by atoms with Crippen LogP contribution in [0.2, 0.25) is 0 Å². The monoisotopic (exact) mass is 275 g/mol. The molecule has 8 heteroatoms. The summed E-state index contributed by atoms with van der Waals surface area (Å²) in [4.78, 5) is 13.1. The van der Waals surface area contributed by atoms with Crippen LogP contribution in [0.1, 0.15) is 12.1 Å². The number of nitrogens with zero attached hydrogens (tertiary/aromatic N) is 3. The highest BCUT2D eigenvalue weighted by molar-refractivity contribution is 5.74. The van der Waals surface area contributed by atoms with Crippen molar-refractivity contribution < 1.29 is 22.7 Å². The van der Waals surface area contributed by atoms with Crippen molar-refractivity contribution in [2.24, 2.45) is 5.92 Å². The number of hydrogen-bond donors (Lipinski definition) is 0. The second kappa shape index (κ2) is 5.02. The minimum atomic E-state index is -4.49. The molecule has 2 rings (SSSR count). The van der Waals surface area contributed by atoms with Crippen LogP contribution in [0.3, 0.4) is 0 Å². The van der Waals surface area contributed by atoms with E-state index in [0.29, 0.717) is 25.3 Å². The van der Waals surface area contributed by atoms with E-state index in [1.807, 2.05) is 0 Å². The molecule has 0 amide bonds. The lowest BCUT2D eigenvalue weighted by molar-refractivity contribution is -0.144. The fraction of sp³-hybridized carbons (Fsp3) is 0.545. The molecule has 19 heavy (non-hydrogen) atoms. The molecule has 0 N–H and O–H groups in total. The van der Waals surface area contributed by atoms with Gasteiger partial charge in [-0.1, -0.05) is 0 Å². The van der Waals surface area contributed by atoms with Crippen LogP contribution in [-0.4, -0.2) is 36.4 Å². The van der Waals surface area contributed by atoms with Crippen molar-refractivity contribution in [3.05, 3.63) is 17.8 Å². The summed E-state index contributed by atoms with van der Waals surface area (Å²) >= 11 is 0. The Morgan fingerprint density at radius 2 is 2.16 bits per heavy atom. The molecule has 104 valence electrons. The third kappa shape index (κ3) is 2.94. The number of methoxy groups -OCH3 is 1. The van der Waals surface area contributed by atoms with E-state index in [1.54, 1.807) is 4.90 Å². The summed E-state index contributed by atoms with van der Waals surface area (Å²) in [6.07, 6.45) is -3.90. The fourth-order valence-electron chi connectivity index (χ4n) is 1.97. The van der Waals surface area contributed by atoms with Gasteiger partial charge in [0.1, 0.15) is 0 Å². The number of aromatic nitrogens is 2. The number of carbonyl (C=O) groups excluding carboxylic acids is 1. The number of halogens is 3. The number of esters is 1. The van der Waals surface area contributed by atoms with E-state index >= 15 is 0 Å². The molecule has 1 unspecified atom stereocenters. The molecule has 1 fully saturated rings. The van der Waals surface area contributed by atoms with Crippen LogP contribution in [0.15, 0.2) is 12.1 Å². The summed E-state index contributed by atoms with van der Waals surface area (Å²) in [5.74, 6) is -0.254. The Morgan fingerprint density at radius 1 is 1.42 bits per heavy atom. The number of anilines is 1. The molecule has 0 aromatic carbocycles. The standard InChI is InChI=1S/C11H12F3N3O2/c1-19-10(18)7-4-5-17(6-7)9-3-2-8(15-16-9)11(12,13)14/h2-3,7H,4-6H2,1H3. The van der Waals surface area contributed by atoms with Crippen LogP contribution in [0.5, 0.6) is 0 Å². The second-order valence-electron chi connectivity index (χ2n) is 4.23. The summed E-state index contributed by atoms with van der Waals surface area (Å²) in [6.45, 7) is 0.923. The summed E-state index contributed by atoms with van der Waals surface area (Å²) in [7, 11) is 1.31. The topological polar surface area (TPSA) is 55.3 Å². The van der Waals surface area contributed by atoms with E-state index in [0.717, 1.165) is 6.07 Å². The average molecular weight is 275 g/mol. The number of carbonyl (C=O) groups is 1. The molecule has 0 radical (unpaired) electrons. The van der Waals surface area contributed by atoms with Crippen molar-refractivity contribution in [3.63, 3.8) is 0 Å². The Balaban J connectivity index is 2.06. The number of alkyl halides is 3. The Morgan fingerprint density at radius 3 is 2.68 bits per heavy atom. The Bertz CT molecular complexity index is 461. The minimum Gasteiger partial charge on any atom is -0.469 e. The van der Waals surface area contributed by atoms with Gasteiger partial charge in [0.05, 0.1) is 13.0 Å². The zero-order valence-electron chi connectivity index (χ0n) is 10.1. The van der Waals surface area contributed by atoms with Crippen LogP contribution in [0, 0.1) is 5.92 Å². The fourth-order valence-corrected chi connectivity index (χ4v) is 1.97. The number of hydrogen-bond acceptors (Lipinski definition) is 5. The predicted molar refractivity (Wildman–Crippen MR) is 59.4 cm³/mol. The third-order valence-electron chi connectivity index (χ3n) is 2.99. The first-order chi connectivity index (χ1) is 8.91. The van der Waals surface area contributed by atoms with Crippen molar-refractivity contribution in [2.45, 2.75) is 12.6 Å². The molecule has 5 nitrogen and oxygen atoms in total. The van der Waals surface area contributed by atoms with Gasteiger partial charge < -0.3 is 9.64 Å². The van der Waals surface area contributed by atoms with E-state index in [9.17, 15) is 18.0 Å². The Labute approximate surface area is 107 Å². The summed E-state index contributed by atoms with van der Waals surface area (Å²) in [6, 6.07) is 2.14. The van der Waals surface area contributed by atoms with Crippen LogP contribution in [0.4, 0.5) is 19.0 Å². The number of rotatable bonds is 2. The molecule has 1 aromatic heterocycles. The first-order valence-corrected chi connectivity index (χ1v) is 5.65. The van der Waals surface area contributed by atoms with Gasteiger partial charge in [0.15, 0.2) is 11.5 Å². The second-order valence-corrected chi connectivity index (χ2v) is 4.23. The van der Waals surface area contributed by atoms with Gasteiger partial charge >= 0.3 is 12.1 Å². The van der Waals surface area contributed by atoms with Crippen LogP contribution < -0.4 is 4.90 Å². The van der Waals surface area contributed by atoms with Gasteiger partial charge in [-0.3, -0.25) is 4.79 Å². The largest absolute Gasteiger partial charge is 0.469 e. The lowest BCUT2D eigenvalue weighted by Crippen LogP contribution is -2.24.